The number of hydrogen-bond acceptors (Lipinski definition) is 4. The van der Waals surface area contributed by atoms with Crippen molar-refractivity contribution in [2.24, 2.45) is 0 Å². The first-order valence-corrected chi connectivity index (χ1v) is 6.35. The summed E-state index contributed by atoms with van der Waals surface area (Å²) >= 11 is 12.8. The number of carbonyl (C=O) groups excluding carboxylic acids is 1. The summed E-state index contributed by atoms with van der Waals surface area (Å²) in [4.78, 5) is 14.4. The molecule has 2 aromatic heterocycles. The Bertz CT molecular complexity index is 531. The monoisotopic (exact) mass is 290 g/mol. The van der Waals surface area contributed by atoms with Crippen LogP contribution in [0, 0.1) is 0 Å². The minimum absolute atomic E-state index is 0.239. The van der Waals surface area contributed by atoms with Crippen molar-refractivity contribution in [2.75, 3.05) is 5.32 Å². The van der Waals surface area contributed by atoms with Crippen LogP contribution < -0.4 is 5.32 Å². The van der Waals surface area contributed by atoms with Crippen LogP contribution in [0.25, 0.3) is 0 Å². The topological polar surface area (TPSA) is 70.7 Å². The number of aryl methyl sites for hydroxylation is 1. The van der Waals surface area contributed by atoms with Gasteiger partial charge in [-0.05, 0) is 12.5 Å². The van der Waals surface area contributed by atoms with Gasteiger partial charge in [0.25, 0.3) is 5.91 Å². The summed E-state index contributed by atoms with van der Waals surface area (Å²) in [6.45, 7) is 1.97. The largest absolute Gasteiger partial charge is 0.340 e. The summed E-state index contributed by atoms with van der Waals surface area (Å²) in [5.74, 6) is -0.349. The first-order valence-electron chi connectivity index (χ1n) is 4.78. The second-order valence-electron chi connectivity index (χ2n) is 3.15. The molecule has 2 rings (SSSR count). The average molecular weight is 291 g/mol. The maximum Gasteiger partial charge on any atom is 0.273 e. The van der Waals surface area contributed by atoms with Gasteiger partial charge in [0.1, 0.15) is 15.9 Å². The Labute approximate surface area is 111 Å². The van der Waals surface area contributed by atoms with Crippen molar-refractivity contribution in [1.82, 2.24) is 15.2 Å². The van der Waals surface area contributed by atoms with E-state index in [2.05, 4.69) is 20.5 Å². The number of aromatic nitrogens is 3. The van der Waals surface area contributed by atoms with Crippen molar-refractivity contribution < 1.29 is 4.79 Å². The molecule has 0 aliphatic rings. The van der Waals surface area contributed by atoms with Crippen LogP contribution in [0.15, 0.2) is 6.07 Å². The van der Waals surface area contributed by atoms with Crippen molar-refractivity contribution >= 4 is 45.6 Å². The van der Waals surface area contributed by atoms with Crippen LogP contribution >= 0.6 is 34.5 Å². The lowest BCUT2D eigenvalue weighted by atomic mass is 10.4. The van der Waals surface area contributed by atoms with Gasteiger partial charge in [0.2, 0.25) is 5.13 Å². The Morgan fingerprint density at radius 2 is 2.29 bits per heavy atom. The third-order valence-corrected chi connectivity index (χ3v) is 3.64. The van der Waals surface area contributed by atoms with Crippen LogP contribution in [-0.4, -0.2) is 21.1 Å². The van der Waals surface area contributed by atoms with Crippen molar-refractivity contribution in [1.29, 1.82) is 0 Å². The minimum Gasteiger partial charge on any atom is -0.340 e. The molecule has 0 bridgehead atoms. The SMILES string of the molecule is CCc1nnc(NC(=O)c2cc(Cl)c(Cl)[nH]2)s1. The maximum atomic E-state index is 11.8. The molecule has 0 aliphatic carbocycles. The van der Waals surface area contributed by atoms with Gasteiger partial charge in [-0.25, -0.2) is 0 Å². The van der Waals surface area contributed by atoms with Crippen molar-refractivity contribution in [2.45, 2.75) is 13.3 Å². The molecule has 0 spiro atoms. The molecule has 2 heterocycles. The van der Waals surface area contributed by atoms with Crippen molar-refractivity contribution in [3.8, 4) is 0 Å². The number of hydrogen-bond donors (Lipinski definition) is 2. The molecule has 17 heavy (non-hydrogen) atoms. The first kappa shape index (κ1) is 12.3. The standard InChI is InChI=1S/C9H8Cl2N4OS/c1-2-6-14-15-9(17-6)13-8(16)5-3-4(10)7(11)12-5/h3,12H,2H2,1H3,(H,13,15,16). The highest BCUT2D eigenvalue weighted by atomic mass is 35.5. The third-order valence-electron chi connectivity index (χ3n) is 1.96. The number of carbonyl (C=O) groups is 1. The fourth-order valence-electron chi connectivity index (χ4n) is 1.14. The molecule has 0 radical (unpaired) electrons. The molecule has 8 heteroatoms. The van der Waals surface area contributed by atoms with E-state index in [1.54, 1.807) is 0 Å². The van der Waals surface area contributed by atoms with E-state index < -0.39 is 0 Å². The number of aromatic amines is 1. The van der Waals surface area contributed by atoms with Gasteiger partial charge in [-0.2, -0.15) is 0 Å². The average Bonchev–Trinajstić information content (AvgIpc) is 2.87. The van der Waals surface area contributed by atoms with Gasteiger partial charge in [0.05, 0.1) is 5.02 Å². The molecule has 0 saturated heterocycles. The number of nitrogens with zero attached hydrogens (tertiary/aromatic N) is 2. The van der Waals surface area contributed by atoms with E-state index in [1.807, 2.05) is 6.92 Å². The summed E-state index contributed by atoms with van der Waals surface area (Å²) in [5, 5.41) is 12.2. The number of halogens is 2. The molecule has 5 nitrogen and oxygen atoms in total. The predicted octanol–water partition coefficient (Wildman–Crippen LogP) is 2.99. The van der Waals surface area contributed by atoms with Crippen LogP contribution in [0.5, 0.6) is 0 Å². The third kappa shape index (κ3) is 2.77. The van der Waals surface area contributed by atoms with Crippen LogP contribution in [0.3, 0.4) is 0 Å². The molecule has 90 valence electrons. The Hall–Kier alpha value is -1.11. The summed E-state index contributed by atoms with van der Waals surface area (Å²) < 4.78 is 0. The van der Waals surface area contributed by atoms with Gasteiger partial charge in [-0.3, -0.25) is 10.1 Å². The lowest BCUT2D eigenvalue weighted by molar-refractivity contribution is 0.102. The highest BCUT2D eigenvalue weighted by molar-refractivity contribution is 7.15. The molecular formula is C9H8Cl2N4OS. The fraction of sp³-hybridized carbons (Fsp3) is 0.222. The van der Waals surface area contributed by atoms with Gasteiger partial charge in [0, 0.05) is 0 Å². The molecule has 0 saturated carbocycles. The summed E-state index contributed by atoms with van der Waals surface area (Å²) in [6, 6.07) is 1.46. The molecule has 0 atom stereocenters. The Kier molecular flexibility index (Phi) is 3.66. The second-order valence-corrected chi connectivity index (χ2v) is 5.00. The molecule has 2 aromatic rings. The van der Waals surface area contributed by atoms with E-state index in [4.69, 9.17) is 23.2 Å². The maximum absolute atomic E-state index is 11.8. The zero-order chi connectivity index (χ0) is 12.4. The van der Waals surface area contributed by atoms with Gasteiger partial charge < -0.3 is 4.98 Å². The predicted molar refractivity (Wildman–Crippen MR) is 68.1 cm³/mol. The normalized spacial score (nSPS) is 10.5. The van der Waals surface area contributed by atoms with Crippen LogP contribution in [-0.2, 0) is 6.42 Å². The Balaban J connectivity index is 2.11. The van der Waals surface area contributed by atoms with E-state index in [1.165, 1.54) is 17.4 Å². The van der Waals surface area contributed by atoms with Crippen molar-refractivity contribution in [3.05, 3.63) is 26.9 Å². The summed E-state index contributed by atoms with van der Waals surface area (Å²) in [6.07, 6.45) is 0.785. The van der Waals surface area contributed by atoms with Gasteiger partial charge in [0.15, 0.2) is 0 Å². The minimum atomic E-state index is -0.349. The van der Waals surface area contributed by atoms with Crippen LogP contribution in [0.4, 0.5) is 5.13 Å². The van der Waals surface area contributed by atoms with Crippen LogP contribution in [0.1, 0.15) is 22.4 Å². The fourth-order valence-corrected chi connectivity index (χ4v) is 2.13. The highest BCUT2D eigenvalue weighted by Gasteiger charge is 2.13. The molecule has 1 amide bonds. The van der Waals surface area contributed by atoms with Gasteiger partial charge >= 0.3 is 0 Å². The Morgan fingerprint density at radius 3 is 2.82 bits per heavy atom. The Morgan fingerprint density at radius 1 is 1.53 bits per heavy atom. The van der Waals surface area contributed by atoms with Crippen molar-refractivity contribution in [3.63, 3.8) is 0 Å². The van der Waals surface area contributed by atoms with E-state index in [-0.39, 0.29) is 16.8 Å². The number of anilines is 1. The lowest BCUT2D eigenvalue weighted by Gasteiger charge is -1.96. The molecular weight excluding hydrogens is 283 g/mol. The zero-order valence-electron chi connectivity index (χ0n) is 8.75. The summed E-state index contributed by atoms with van der Waals surface area (Å²) in [5.41, 5.74) is 0.285. The number of amides is 1. The molecule has 2 N–H and O–H groups in total. The van der Waals surface area contributed by atoms with E-state index >= 15 is 0 Å². The van der Waals surface area contributed by atoms with Crippen LogP contribution in [0.2, 0.25) is 10.2 Å². The lowest BCUT2D eigenvalue weighted by Crippen LogP contribution is -2.11. The van der Waals surface area contributed by atoms with Gasteiger partial charge in [-0.1, -0.05) is 41.5 Å². The number of H-pyrrole nitrogens is 1. The number of rotatable bonds is 3. The number of nitrogens with one attached hydrogen (secondary N) is 2. The summed E-state index contributed by atoms with van der Waals surface area (Å²) in [7, 11) is 0. The quantitative estimate of drug-likeness (QED) is 0.913. The van der Waals surface area contributed by atoms with Gasteiger partial charge in [-0.15, -0.1) is 10.2 Å². The molecule has 0 aliphatic heterocycles. The van der Waals surface area contributed by atoms with E-state index in [0.717, 1.165) is 11.4 Å². The highest BCUT2D eigenvalue weighted by Crippen LogP contribution is 2.23. The molecule has 0 fully saturated rings. The molecule has 0 unspecified atom stereocenters. The second kappa shape index (κ2) is 5.03. The smallest absolute Gasteiger partial charge is 0.273 e. The van der Waals surface area contributed by atoms with E-state index in [0.29, 0.717) is 10.2 Å². The molecule has 0 aromatic carbocycles. The zero-order valence-corrected chi connectivity index (χ0v) is 11.1. The van der Waals surface area contributed by atoms with E-state index in [9.17, 15) is 4.79 Å². The first-order chi connectivity index (χ1) is 8.10.